The van der Waals surface area contributed by atoms with Crippen LogP contribution in [0.3, 0.4) is 0 Å². The number of fused-ring (bicyclic) bond motifs is 1. The van der Waals surface area contributed by atoms with Crippen LogP contribution in [0, 0.1) is 0 Å². The van der Waals surface area contributed by atoms with E-state index in [0.717, 1.165) is 62.6 Å². The number of unbranched alkanes of at least 4 members (excludes halogenated alkanes) is 14. The molecule has 10 heteroatoms. The molecule has 3 heterocycles. The maximum atomic E-state index is 12.6. The average molecular weight is 640 g/mol. The highest BCUT2D eigenvalue weighted by molar-refractivity contribution is 5.95. The van der Waals surface area contributed by atoms with Crippen molar-refractivity contribution in [1.82, 2.24) is 9.97 Å². The Morgan fingerprint density at radius 2 is 1.17 bits per heavy atom. The smallest absolute Gasteiger partial charge is 0.306 e. The quantitative estimate of drug-likeness (QED) is 0.114. The molecule has 0 bridgehead atoms. The number of aromatic nitrogens is 2. The second-order valence-corrected chi connectivity index (χ2v) is 12.7. The monoisotopic (exact) mass is 639 g/mol. The fourth-order valence-electron chi connectivity index (χ4n) is 6.14. The van der Waals surface area contributed by atoms with E-state index in [0.29, 0.717) is 44.1 Å². The number of ether oxygens (including phenoxy) is 3. The lowest BCUT2D eigenvalue weighted by Gasteiger charge is -2.34. The summed E-state index contributed by atoms with van der Waals surface area (Å²) in [5, 5.41) is 2.84. The predicted octanol–water partition coefficient (Wildman–Crippen LogP) is 7.05. The minimum Gasteiger partial charge on any atom is -0.456 e. The van der Waals surface area contributed by atoms with Gasteiger partial charge in [0.05, 0.1) is 37.5 Å². The molecule has 2 aliphatic rings. The molecular formula is C36H57N5O5. The molecule has 0 spiro atoms. The van der Waals surface area contributed by atoms with Crippen molar-refractivity contribution in [2.24, 2.45) is 0 Å². The summed E-state index contributed by atoms with van der Waals surface area (Å²) in [5.41, 5.74) is 2.05. The zero-order chi connectivity index (χ0) is 32.2. The summed E-state index contributed by atoms with van der Waals surface area (Å²) in [6.07, 6.45) is 19.6. The van der Waals surface area contributed by atoms with Gasteiger partial charge in [-0.1, -0.05) is 96.8 Å². The number of amides is 1. The van der Waals surface area contributed by atoms with Gasteiger partial charge in [0, 0.05) is 38.3 Å². The second-order valence-electron chi connectivity index (χ2n) is 12.7. The fraction of sp³-hybridized carbons (Fsp3) is 0.722. The molecule has 2 aliphatic heterocycles. The van der Waals surface area contributed by atoms with Gasteiger partial charge in [-0.2, -0.15) is 0 Å². The normalized spacial score (nSPS) is 15.3. The Balaban J connectivity index is 1.11. The Morgan fingerprint density at radius 1 is 0.696 bits per heavy atom. The largest absolute Gasteiger partial charge is 0.456 e. The highest BCUT2D eigenvalue weighted by Crippen LogP contribution is 2.30. The number of nitrogens with zero attached hydrogens (tertiary/aromatic N) is 4. The van der Waals surface area contributed by atoms with Crippen LogP contribution < -0.4 is 15.1 Å². The van der Waals surface area contributed by atoms with Gasteiger partial charge in [0.1, 0.15) is 0 Å². The highest BCUT2D eigenvalue weighted by Gasteiger charge is 2.24. The van der Waals surface area contributed by atoms with E-state index < -0.39 is 0 Å². The molecule has 0 radical (unpaired) electrons. The Kier molecular flexibility index (Phi) is 16.4. The zero-order valence-electron chi connectivity index (χ0n) is 28.2. The fourth-order valence-corrected chi connectivity index (χ4v) is 6.14. The first-order valence-corrected chi connectivity index (χ1v) is 18.1. The molecule has 1 aromatic carbocycles. The molecule has 0 atom stereocenters. The number of hydrogen-bond acceptors (Lipinski definition) is 9. The summed E-state index contributed by atoms with van der Waals surface area (Å²) in [6, 6.07) is 5.50. The van der Waals surface area contributed by atoms with Gasteiger partial charge in [0.25, 0.3) is 5.91 Å². The van der Waals surface area contributed by atoms with Crippen LogP contribution in [0.4, 0.5) is 17.3 Å². The van der Waals surface area contributed by atoms with E-state index in [1.54, 1.807) is 0 Å². The van der Waals surface area contributed by atoms with Crippen LogP contribution >= 0.6 is 0 Å². The number of anilines is 3. The summed E-state index contributed by atoms with van der Waals surface area (Å²) >= 11 is 0. The summed E-state index contributed by atoms with van der Waals surface area (Å²) in [5.74, 6) is 1.000. The van der Waals surface area contributed by atoms with Crippen molar-refractivity contribution in [2.45, 2.75) is 110 Å². The lowest BCUT2D eigenvalue weighted by Crippen LogP contribution is -2.41. The van der Waals surface area contributed by atoms with E-state index in [1.807, 2.05) is 18.2 Å². The maximum Gasteiger partial charge on any atom is 0.306 e. The molecule has 46 heavy (non-hydrogen) atoms. The van der Waals surface area contributed by atoms with Crippen molar-refractivity contribution in [1.29, 1.82) is 0 Å². The standard InChI is InChI=1S/C36H57N5O5/c1-2-3-4-5-6-7-8-9-10-11-12-13-14-15-16-17-34(43)46-29-33(42)37-30-18-19-31-32(28-30)39-36(41-22-26-45-27-23-41)35(38-31)40-20-24-44-25-21-40/h18-19,28H,2-17,20-27,29H2,1H3,(H,37,42). The number of esters is 1. The Bertz CT molecular complexity index is 1180. The molecule has 0 unspecified atom stereocenters. The number of benzene rings is 1. The molecule has 256 valence electrons. The van der Waals surface area contributed by atoms with Crippen LogP contribution in [-0.2, 0) is 23.8 Å². The first kappa shape index (κ1) is 35.9. The van der Waals surface area contributed by atoms with Crippen LogP contribution in [0.15, 0.2) is 18.2 Å². The minimum atomic E-state index is -0.365. The molecule has 2 fully saturated rings. The highest BCUT2D eigenvalue weighted by atomic mass is 16.5. The van der Waals surface area contributed by atoms with E-state index in [9.17, 15) is 9.59 Å². The lowest BCUT2D eigenvalue weighted by molar-refractivity contribution is -0.147. The van der Waals surface area contributed by atoms with Gasteiger partial charge in [-0.05, 0) is 24.6 Å². The Labute approximate surface area is 275 Å². The number of carbonyl (C=O) groups is 2. The van der Waals surface area contributed by atoms with Gasteiger partial charge in [0.15, 0.2) is 18.2 Å². The molecule has 2 saturated heterocycles. The van der Waals surface area contributed by atoms with E-state index in [1.165, 1.54) is 77.0 Å². The van der Waals surface area contributed by atoms with Crippen LogP contribution in [0.5, 0.6) is 0 Å². The molecule has 1 amide bonds. The third kappa shape index (κ3) is 12.7. The van der Waals surface area contributed by atoms with Crippen LogP contribution in [0.2, 0.25) is 0 Å². The summed E-state index contributed by atoms with van der Waals surface area (Å²) in [7, 11) is 0. The first-order valence-electron chi connectivity index (χ1n) is 18.1. The molecule has 4 rings (SSSR count). The summed E-state index contributed by atoms with van der Waals surface area (Å²) < 4.78 is 16.4. The maximum absolute atomic E-state index is 12.6. The van der Waals surface area contributed by atoms with Crippen molar-refractivity contribution in [3.63, 3.8) is 0 Å². The predicted molar refractivity (Wildman–Crippen MR) is 185 cm³/mol. The third-order valence-corrected chi connectivity index (χ3v) is 8.88. The molecule has 1 N–H and O–H groups in total. The molecule has 10 nitrogen and oxygen atoms in total. The van der Waals surface area contributed by atoms with E-state index in [2.05, 4.69) is 22.0 Å². The molecular weight excluding hydrogens is 582 g/mol. The van der Waals surface area contributed by atoms with Gasteiger partial charge < -0.3 is 29.3 Å². The summed E-state index contributed by atoms with van der Waals surface area (Å²) in [6.45, 7) is 7.63. The number of carbonyl (C=O) groups excluding carboxylic acids is 2. The van der Waals surface area contributed by atoms with Crippen molar-refractivity contribution >= 4 is 40.2 Å². The van der Waals surface area contributed by atoms with Crippen LogP contribution in [-0.4, -0.2) is 81.1 Å². The van der Waals surface area contributed by atoms with E-state index in [-0.39, 0.29) is 18.5 Å². The Morgan fingerprint density at radius 3 is 1.70 bits per heavy atom. The van der Waals surface area contributed by atoms with Gasteiger partial charge in [-0.3, -0.25) is 9.59 Å². The molecule has 0 aliphatic carbocycles. The number of morpholine rings is 2. The van der Waals surface area contributed by atoms with E-state index in [4.69, 9.17) is 24.2 Å². The SMILES string of the molecule is CCCCCCCCCCCCCCCCCC(=O)OCC(=O)Nc1ccc2nc(N3CCOCC3)c(N3CCOCC3)nc2c1. The Hall–Kier alpha value is -2.98. The van der Waals surface area contributed by atoms with Gasteiger partial charge >= 0.3 is 5.97 Å². The average Bonchev–Trinajstić information content (AvgIpc) is 3.09. The zero-order valence-corrected chi connectivity index (χ0v) is 28.2. The molecule has 2 aromatic rings. The minimum absolute atomic E-state index is 0.295. The van der Waals surface area contributed by atoms with Gasteiger partial charge in [-0.25, -0.2) is 9.97 Å². The van der Waals surface area contributed by atoms with Crippen molar-refractivity contribution in [2.75, 3.05) is 74.3 Å². The third-order valence-electron chi connectivity index (χ3n) is 8.88. The molecule has 1 aromatic heterocycles. The van der Waals surface area contributed by atoms with Crippen LogP contribution in [0.1, 0.15) is 110 Å². The number of rotatable bonds is 21. The number of nitrogens with one attached hydrogen (secondary N) is 1. The second kappa shape index (κ2) is 21.0. The topological polar surface area (TPSA) is 106 Å². The first-order chi connectivity index (χ1) is 22.6. The van der Waals surface area contributed by atoms with Crippen molar-refractivity contribution in [3.8, 4) is 0 Å². The van der Waals surface area contributed by atoms with Crippen LogP contribution in [0.25, 0.3) is 11.0 Å². The van der Waals surface area contributed by atoms with Gasteiger partial charge in [0.2, 0.25) is 0 Å². The number of hydrogen-bond donors (Lipinski definition) is 1. The summed E-state index contributed by atoms with van der Waals surface area (Å²) in [4.78, 5) is 39.2. The van der Waals surface area contributed by atoms with Crippen molar-refractivity contribution < 1.29 is 23.8 Å². The van der Waals surface area contributed by atoms with E-state index >= 15 is 0 Å². The van der Waals surface area contributed by atoms with Gasteiger partial charge in [-0.15, -0.1) is 0 Å². The van der Waals surface area contributed by atoms with Crippen molar-refractivity contribution in [3.05, 3.63) is 18.2 Å². The lowest BCUT2D eigenvalue weighted by atomic mass is 10.0. The molecule has 0 saturated carbocycles.